The molecule has 0 amide bonds. The number of fused-ring (bicyclic) bond motifs is 3. The van der Waals surface area contributed by atoms with Crippen LogP contribution in [-0.2, 0) is 6.61 Å². The van der Waals surface area contributed by atoms with Gasteiger partial charge in [0.05, 0.1) is 23.2 Å². The Labute approximate surface area is 90.0 Å². The maximum Gasteiger partial charge on any atom is 0.259 e. The van der Waals surface area contributed by atoms with Crippen LogP contribution in [-0.4, -0.2) is 19.7 Å². The Bertz CT molecular complexity index is 727. The number of aliphatic hydroxyl groups excluding tert-OH is 1. The highest BCUT2D eigenvalue weighted by molar-refractivity contribution is 5.79. The molecular weight excluding hydrogens is 206 g/mol. The fraction of sp³-hybridized carbons (Fsp3) is 0.0909. The van der Waals surface area contributed by atoms with Gasteiger partial charge in [0.1, 0.15) is 5.65 Å². The Balaban J connectivity index is 2.57. The van der Waals surface area contributed by atoms with Crippen molar-refractivity contribution >= 4 is 16.6 Å². The number of aromatic amines is 1. The molecule has 80 valence electrons. The van der Waals surface area contributed by atoms with E-state index >= 15 is 0 Å². The quantitative estimate of drug-likeness (QED) is 0.626. The molecule has 0 aliphatic rings. The van der Waals surface area contributed by atoms with Gasteiger partial charge in [0, 0.05) is 6.07 Å². The second-order valence-electron chi connectivity index (χ2n) is 3.56. The lowest BCUT2D eigenvalue weighted by Crippen LogP contribution is -2.09. The van der Waals surface area contributed by atoms with Gasteiger partial charge >= 0.3 is 0 Å². The predicted octanol–water partition coefficient (Wildman–Crippen LogP) is 0.668. The molecule has 3 aromatic rings. The number of hydrogen-bond acceptors (Lipinski definition) is 3. The number of aliphatic hydroxyl groups is 1. The minimum absolute atomic E-state index is 0.141. The van der Waals surface area contributed by atoms with Gasteiger partial charge in [-0.05, 0) is 12.1 Å². The molecule has 0 atom stereocenters. The largest absolute Gasteiger partial charge is 0.390 e. The fourth-order valence-electron chi connectivity index (χ4n) is 1.81. The van der Waals surface area contributed by atoms with Gasteiger partial charge in [-0.15, -0.1) is 0 Å². The van der Waals surface area contributed by atoms with Crippen LogP contribution in [0.15, 0.2) is 35.1 Å². The lowest BCUT2D eigenvalue weighted by Gasteiger charge is -1.99. The molecule has 0 aliphatic heterocycles. The smallest absolute Gasteiger partial charge is 0.259 e. The molecule has 1 aromatic carbocycles. The maximum atomic E-state index is 11.7. The zero-order valence-electron chi connectivity index (χ0n) is 8.34. The third-order valence-corrected chi connectivity index (χ3v) is 2.54. The van der Waals surface area contributed by atoms with Gasteiger partial charge in [-0.3, -0.25) is 4.79 Å². The summed E-state index contributed by atoms with van der Waals surface area (Å²) >= 11 is 0. The number of H-pyrrole nitrogens is 1. The van der Waals surface area contributed by atoms with Crippen LogP contribution >= 0.6 is 0 Å². The lowest BCUT2D eigenvalue weighted by atomic mass is 10.2. The van der Waals surface area contributed by atoms with Crippen molar-refractivity contribution in [3.63, 3.8) is 0 Å². The molecule has 0 radical (unpaired) electrons. The fourth-order valence-corrected chi connectivity index (χ4v) is 1.81. The van der Waals surface area contributed by atoms with Crippen LogP contribution < -0.4 is 5.56 Å². The first-order chi connectivity index (χ1) is 7.79. The third-order valence-electron chi connectivity index (χ3n) is 2.54. The first-order valence-electron chi connectivity index (χ1n) is 4.90. The highest BCUT2D eigenvalue weighted by Gasteiger charge is 2.06. The molecule has 2 heterocycles. The molecule has 0 bridgehead atoms. The summed E-state index contributed by atoms with van der Waals surface area (Å²) in [5.74, 6) is 0. The maximum absolute atomic E-state index is 11.7. The van der Waals surface area contributed by atoms with Crippen molar-refractivity contribution < 1.29 is 5.11 Å². The van der Waals surface area contributed by atoms with E-state index in [9.17, 15) is 4.79 Å². The van der Waals surface area contributed by atoms with Crippen LogP contribution in [0, 0.1) is 0 Å². The average Bonchev–Trinajstić information content (AvgIpc) is 2.72. The Morgan fingerprint density at radius 1 is 1.38 bits per heavy atom. The van der Waals surface area contributed by atoms with E-state index in [1.54, 1.807) is 22.7 Å². The van der Waals surface area contributed by atoms with Gasteiger partial charge in [0.2, 0.25) is 0 Å². The van der Waals surface area contributed by atoms with Gasteiger partial charge in [-0.1, -0.05) is 12.1 Å². The Hall–Kier alpha value is -2.14. The van der Waals surface area contributed by atoms with E-state index < -0.39 is 0 Å². The second kappa shape index (κ2) is 3.18. The molecular formula is C11H9N3O2. The highest BCUT2D eigenvalue weighted by atomic mass is 16.3. The molecule has 0 aliphatic carbocycles. The van der Waals surface area contributed by atoms with Gasteiger partial charge < -0.3 is 10.1 Å². The predicted molar refractivity (Wildman–Crippen MR) is 59.2 cm³/mol. The van der Waals surface area contributed by atoms with Crippen LogP contribution in [0.25, 0.3) is 16.6 Å². The second-order valence-corrected chi connectivity index (χ2v) is 3.56. The average molecular weight is 215 g/mol. The van der Waals surface area contributed by atoms with Crippen LogP contribution in [0.5, 0.6) is 0 Å². The van der Waals surface area contributed by atoms with Gasteiger partial charge in [0.15, 0.2) is 0 Å². The Morgan fingerprint density at radius 2 is 2.19 bits per heavy atom. The molecule has 3 rings (SSSR count). The number of para-hydroxylation sites is 1. The normalized spacial score (nSPS) is 11.3. The highest BCUT2D eigenvalue weighted by Crippen LogP contribution is 2.11. The summed E-state index contributed by atoms with van der Waals surface area (Å²) < 4.78 is 1.63. The molecule has 5 heteroatoms. The van der Waals surface area contributed by atoms with Crippen molar-refractivity contribution in [3.8, 4) is 0 Å². The summed E-state index contributed by atoms with van der Waals surface area (Å²) in [6, 6.07) is 8.88. The monoisotopic (exact) mass is 215 g/mol. The lowest BCUT2D eigenvalue weighted by molar-refractivity contribution is 0.276. The summed E-state index contributed by atoms with van der Waals surface area (Å²) in [6.07, 6.45) is 0. The third kappa shape index (κ3) is 1.15. The number of nitrogens with zero attached hydrogens (tertiary/aromatic N) is 2. The molecule has 0 fully saturated rings. The molecule has 2 aromatic heterocycles. The summed E-state index contributed by atoms with van der Waals surface area (Å²) in [4.78, 5) is 14.5. The first-order valence-corrected chi connectivity index (χ1v) is 4.90. The van der Waals surface area contributed by atoms with E-state index in [1.165, 1.54) is 0 Å². The van der Waals surface area contributed by atoms with Crippen LogP contribution in [0.2, 0.25) is 0 Å². The number of benzene rings is 1. The number of hydrogen-bond donors (Lipinski definition) is 2. The molecule has 16 heavy (non-hydrogen) atoms. The molecule has 0 spiro atoms. The van der Waals surface area contributed by atoms with E-state index in [0.717, 1.165) is 5.52 Å². The Kier molecular flexibility index (Phi) is 1.81. The first kappa shape index (κ1) is 9.11. The van der Waals surface area contributed by atoms with Crippen molar-refractivity contribution in [3.05, 3.63) is 46.4 Å². The van der Waals surface area contributed by atoms with Gasteiger partial charge in [-0.2, -0.15) is 5.10 Å². The molecule has 0 unspecified atom stereocenters. The van der Waals surface area contributed by atoms with Crippen molar-refractivity contribution in [1.82, 2.24) is 14.6 Å². The molecule has 0 saturated heterocycles. The van der Waals surface area contributed by atoms with Crippen molar-refractivity contribution in [2.45, 2.75) is 6.61 Å². The molecule has 0 saturated carbocycles. The van der Waals surface area contributed by atoms with E-state index in [4.69, 9.17) is 5.11 Å². The van der Waals surface area contributed by atoms with Crippen molar-refractivity contribution in [1.29, 1.82) is 0 Å². The summed E-state index contributed by atoms with van der Waals surface area (Å²) in [5.41, 5.74) is 1.72. The van der Waals surface area contributed by atoms with E-state index in [0.29, 0.717) is 16.7 Å². The summed E-state index contributed by atoms with van der Waals surface area (Å²) in [5, 5.41) is 13.8. The van der Waals surface area contributed by atoms with Crippen molar-refractivity contribution in [2.75, 3.05) is 0 Å². The zero-order valence-corrected chi connectivity index (χ0v) is 8.34. The van der Waals surface area contributed by atoms with Gasteiger partial charge in [-0.25, -0.2) is 4.52 Å². The van der Waals surface area contributed by atoms with Crippen LogP contribution in [0.3, 0.4) is 0 Å². The van der Waals surface area contributed by atoms with Gasteiger partial charge in [0.25, 0.3) is 5.56 Å². The van der Waals surface area contributed by atoms with Crippen molar-refractivity contribution in [2.24, 2.45) is 0 Å². The number of rotatable bonds is 1. The van der Waals surface area contributed by atoms with E-state index in [2.05, 4.69) is 10.1 Å². The van der Waals surface area contributed by atoms with Crippen LogP contribution in [0.1, 0.15) is 5.69 Å². The molecule has 5 nitrogen and oxygen atoms in total. The number of aromatic nitrogens is 3. The van der Waals surface area contributed by atoms with Crippen LogP contribution in [0.4, 0.5) is 0 Å². The standard InChI is InChI=1S/C11H9N3O2/c15-6-7-5-10-12-11(16)8-3-1-2-4-9(8)14(10)13-7/h1-5,15H,6H2,(H,12,16). The van der Waals surface area contributed by atoms with E-state index in [-0.39, 0.29) is 12.2 Å². The molecule has 2 N–H and O–H groups in total. The number of nitrogens with one attached hydrogen (secondary N) is 1. The van der Waals surface area contributed by atoms with E-state index in [1.807, 2.05) is 12.1 Å². The zero-order chi connectivity index (χ0) is 11.1. The summed E-state index contributed by atoms with van der Waals surface area (Å²) in [6.45, 7) is -0.141. The SMILES string of the molecule is O=c1[nH]c2cc(CO)nn2c2ccccc12. The minimum atomic E-state index is -0.146. The Morgan fingerprint density at radius 3 is 3.00 bits per heavy atom. The topological polar surface area (TPSA) is 70.4 Å². The summed E-state index contributed by atoms with van der Waals surface area (Å²) in [7, 11) is 0. The minimum Gasteiger partial charge on any atom is -0.390 e.